The minimum Gasteiger partial charge on any atom is -0.354 e. The number of piperazine rings is 1. The van der Waals surface area contributed by atoms with Gasteiger partial charge in [-0.25, -0.2) is 4.98 Å². The van der Waals surface area contributed by atoms with Gasteiger partial charge in [0.05, 0.1) is 17.1 Å². The van der Waals surface area contributed by atoms with Crippen molar-refractivity contribution < 1.29 is 4.79 Å². The molecule has 0 radical (unpaired) electrons. The summed E-state index contributed by atoms with van der Waals surface area (Å²) in [5, 5.41) is 6.08. The van der Waals surface area contributed by atoms with Crippen molar-refractivity contribution in [3.63, 3.8) is 0 Å². The molecule has 4 heterocycles. The molecule has 4 rings (SSSR count). The number of amides is 1. The highest BCUT2D eigenvalue weighted by Crippen LogP contribution is 2.33. The molecule has 0 bridgehead atoms. The number of nitrogens with zero attached hydrogens (tertiary/aromatic N) is 2. The number of fused-ring (bicyclic) bond motifs is 1. The highest BCUT2D eigenvalue weighted by atomic mass is 32.1. The van der Waals surface area contributed by atoms with E-state index >= 15 is 0 Å². The van der Waals surface area contributed by atoms with Crippen LogP contribution in [-0.4, -0.2) is 40.4 Å². The Bertz CT molecular complexity index is 809. The van der Waals surface area contributed by atoms with E-state index in [9.17, 15) is 4.79 Å². The molecule has 3 aromatic heterocycles. The summed E-state index contributed by atoms with van der Waals surface area (Å²) in [6.07, 6.45) is 1.80. The van der Waals surface area contributed by atoms with Crippen molar-refractivity contribution in [2.45, 2.75) is 6.54 Å². The van der Waals surface area contributed by atoms with Crippen LogP contribution in [0, 0.1) is 0 Å². The summed E-state index contributed by atoms with van der Waals surface area (Å²) in [5.41, 5.74) is 3.25. The number of rotatable bonds is 3. The van der Waals surface area contributed by atoms with E-state index in [1.807, 2.05) is 6.07 Å². The lowest BCUT2D eigenvalue weighted by Crippen LogP contribution is -2.47. The molecule has 1 aliphatic heterocycles. The second-order valence-electron chi connectivity index (χ2n) is 5.42. The molecule has 0 atom stereocenters. The van der Waals surface area contributed by atoms with Crippen LogP contribution in [0.1, 0.15) is 5.56 Å². The second-order valence-corrected chi connectivity index (χ2v) is 6.36. The molecule has 0 spiro atoms. The van der Waals surface area contributed by atoms with Crippen LogP contribution in [0.15, 0.2) is 35.8 Å². The highest BCUT2D eigenvalue weighted by Gasteiger charge is 2.21. The van der Waals surface area contributed by atoms with Crippen LogP contribution in [-0.2, 0) is 11.3 Å². The third kappa shape index (κ3) is 2.40. The fourth-order valence-corrected chi connectivity index (χ4v) is 3.68. The van der Waals surface area contributed by atoms with Crippen LogP contribution in [0.4, 0.5) is 0 Å². The molecule has 22 heavy (non-hydrogen) atoms. The molecule has 3 aromatic rings. The molecular weight excluding hydrogens is 296 g/mol. The van der Waals surface area contributed by atoms with E-state index in [-0.39, 0.29) is 5.91 Å². The maximum absolute atomic E-state index is 11.6. The van der Waals surface area contributed by atoms with Gasteiger partial charge in [0.25, 0.3) is 0 Å². The monoisotopic (exact) mass is 312 g/mol. The molecule has 0 aromatic carbocycles. The number of pyridine rings is 1. The first-order chi connectivity index (χ1) is 10.8. The SMILES string of the molecule is O=C1CN(Cc2c(-c3cccs3)[nH]c3ncccc23)CCN1. The van der Waals surface area contributed by atoms with Crippen molar-refractivity contribution in [2.24, 2.45) is 0 Å². The van der Waals surface area contributed by atoms with E-state index in [1.54, 1.807) is 17.5 Å². The quantitative estimate of drug-likeness (QED) is 0.779. The van der Waals surface area contributed by atoms with Gasteiger partial charge < -0.3 is 10.3 Å². The summed E-state index contributed by atoms with van der Waals surface area (Å²) < 4.78 is 0. The minimum absolute atomic E-state index is 0.0990. The largest absolute Gasteiger partial charge is 0.354 e. The molecule has 0 unspecified atom stereocenters. The molecule has 1 fully saturated rings. The third-order valence-corrected chi connectivity index (χ3v) is 4.83. The highest BCUT2D eigenvalue weighted by molar-refractivity contribution is 7.13. The fourth-order valence-electron chi connectivity index (χ4n) is 2.92. The van der Waals surface area contributed by atoms with Crippen molar-refractivity contribution in [1.29, 1.82) is 0 Å². The van der Waals surface area contributed by atoms with Crippen LogP contribution < -0.4 is 5.32 Å². The number of aromatic nitrogens is 2. The number of thiophene rings is 1. The van der Waals surface area contributed by atoms with Crippen molar-refractivity contribution in [3.8, 4) is 10.6 Å². The summed E-state index contributed by atoms with van der Waals surface area (Å²) in [4.78, 5) is 22.9. The molecule has 0 aliphatic carbocycles. The molecule has 2 N–H and O–H groups in total. The van der Waals surface area contributed by atoms with E-state index in [1.165, 1.54) is 10.4 Å². The summed E-state index contributed by atoms with van der Waals surface area (Å²) in [6.45, 7) is 2.81. The smallest absolute Gasteiger partial charge is 0.234 e. The van der Waals surface area contributed by atoms with E-state index in [0.29, 0.717) is 13.1 Å². The van der Waals surface area contributed by atoms with E-state index < -0.39 is 0 Å². The standard InChI is InChI=1S/C16H16N4OS/c21-14-10-20(7-6-17-14)9-12-11-3-1-5-18-16(11)19-15(12)13-4-2-8-22-13/h1-5,8H,6-7,9-10H2,(H,17,21)(H,18,19). The number of nitrogens with one attached hydrogen (secondary N) is 2. The normalized spacial score (nSPS) is 16.1. The van der Waals surface area contributed by atoms with Crippen molar-refractivity contribution >= 4 is 28.3 Å². The molecule has 112 valence electrons. The van der Waals surface area contributed by atoms with Gasteiger partial charge >= 0.3 is 0 Å². The lowest BCUT2D eigenvalue weighted by molar-refractivity contribution is -0.124. The number of carbonyl (C=O) groups is 1. The van der Waals surface area contributed by atoms with Gasteiger partial charge in [-0.05, 0) is 23.6 Å². The molecular formula is C16H16N4OS. The summed E-state index contributed by atoms with van der Waals surface area (Å²) >= 11 is 1.71. The summed E-state index contributed by atoms with van der Waals surface area (Å²) in [7, 11) is 0. The molecule has 5 nitrogen and oxygen atoms in total. The Morgan fingerprint density at radius 2 is 2.27 bits per heavy atom. The average Bonchev–Trinajstić information content (AvgIpc) is 3.15. The fraction of sp³-hybridized carbons (Fsp3) is 0.250. The number of hydrogen-bond acceptors (Lipinski definition) is 4. The van der Waals surface area contributed by atoms with E-state index in [2.05, 4.69) is 43.8 Å². The first-order valence-electron chi connectivity index (χ1n) is 7.30. The molecule has 6 heteroatoms. The minimum atomic E-state index is 0.0990. The zero-order valence-corrected chi connectivity index (χ0v) is 12.8. The number of aromatic amines is 1. The Balaban J connectivity index is 1.77. The molecule has 1 saturated heterocycles. The Hall–Kier alpha value is -2.18. The van der Waals surface area contributed by atoms with Gasteiger partial charge in [0.2, 0.25) is 5.91 Å². The van der Waals surface area contributed by atoms with Gasteiger partial charge in [-0.2, -0.15) is 0 Å². The van der Waals surface area contributed by atoms with Crippen molar-refractivity contribution in [2.75, 3.05) is 19.6 Å². The van der Waals surface area contributed by atoms with Crippen LogP contribution in [0.25, 0.3) is 21.6 Å². The molecule has 1 amide bonds. The Labute approximate surface area is 132 Å². The molecule has 1 aliphatic rings. The number of H-pyrrole nitrogens is 1. The van der Waals surface area contributed by atoms with Crippen LogP contribution in [0.2, 0.25) is 0 Å². The second kappa shape index (κ2) is 5.55. The molecule has 0 saturated carbocycles. The van der Waals surface area contributed by atoms with Crippen LogP contribution in [0.3, 0.4) is 0 Å². The predicted molar refractivity (Wildman–Crippen MR) is 87.7 cm³/mol. The zero-order chi connectivity index (χ0) is 14.9. The van der Waals surface area contributed by atoms with Crippen molar-refractivity contribution in [1.82, 2.24) is 20.2 Å². The lowest BCUT2D eigenvalue weighted by Gasteiger charge is -2.26. The first-order valence-corrected chi connectivity index (χ1v) is 8.18. The van der Waals surface area contributed by atoms with Gasteiger partial charge in [0.15, 0.2) is 0 Å². The van der Waals surface area contributed by atoms with Crippen LogP contribution in [0.5, 0.6) is 0 Å². The van der Waals surface area contributed by atoms with Gasteiger partial charge in [-0.3, -0.25) is 9.69 Å². The zero-order valence-electron chi connectivity index (χ0n) is 12.0. The lowest BCUT2D eigenvalue weighted by atomic mass is 10.1. The van der Waals surface area contributed by atoms with E-state index in [4.69, 9.17) is 0 Å². The van der Waals surface area contributed by atoms with Gasteiger partial charge in [0.1, 0.15) is 5.65 Å². The maximum Gasteiger partial charge on any atom is 0.234 e. The average molecular weight is 312 g/mol. The number of carbonyl (C=O) groups excluding carboxylic acids is 1. The van der Waals surface area contributed by atoms with Gasteiger partial charge in [-0.15, -0.1) is 11.3 Å². The van der Waals surface area contributed by atoms with Gasteiger partial charge in [0, 0.05) is 36.8 Å². The maximum atomic E-state index is 11.6. The Morgan fingerprint density at radius 3 is 3.09 bits per heavy atom. The van der Waals surface area contributed by atoms with Crippen LogP contribution >= 0.6 is 11.3 Å². The van der Waals surface area contributed by atoms with Crippen molar-refractivity contribution in [3.05, 3.63) is 41.4 Å². The topological polar surface area (TPSA) is 61.0 Å². The number of hydrogen-bond donors (Lipinski definition) is 2. The Morgan fingerprint density at radius 1 is 1.32 bits per heavy atom. The Kier molecular flexibility index (Phi) is 3.40. The first kappa shape index (κ1) is 13.5. The predicted octanol–water partition coefficient (Wildman–Crippen LogP) is 2.22. The van der Waals surface area contributed by atoms with Gasteiger partial charge in [-0.1, -0.05) is 6.07 Å². The summed E-state index contributed by atoms with van der Waals surface area (Å²) in [5.74, 6) is 0.0990. The third-order valence-electron chi connectivity index (χ3n) is 3.94. The van der Waals surface area contributed by atoms with E-state index in [0.717, 1.165) is 29.8 Å². The summed E-state index contributed by atoms with van der Waals surface area (Å²) in [6, 6.07) is 8.22.